The van der Waals surface area contributed by atoms with E-state index in [4.69, 9.17) is 22.9 Å². The molecule has 7 amide bonds. The van der Waals surface area contributed by atoms with Crippen molar-refractivity contribution in [3.05, 3.63) is 36.0 Å². The van der Waals surface area contributed by atoms with E-state index in [2.05, 4.69) is 41.9 Å². The minimum Gasteiger partial charge on any atom is -0.391 e. The van der Waals surface area contributed by atoms with Crippen LogP contribution in [-0.4, -0.2) is 124 Å². The zero-order chi connectivity index (χ0) is 44.4. The minimum absolute atomic E-state index is 0.00971. The van der Waals surface area contributed by atoms with Crippen molar-refractivity contribution < 1.29 is 38.7 Å². The fourth-order valence-corrected chi connectivity index (χ4v) is 6.40. The molecule has 2 aromatic rings. The standard InChI is InChI=1S/C38H62N12O8S/c1-19(2)16-29(49-33(54)20(3)45-34(55)25(39)17-23-18-44-26-11-8-7-10-24(23)26)37(58)48-28(13-15-59-6)35(56)46-21(4)32(53)47-27(12-9-14-43-38(41)42)36(57)50-30(22(5)51)31(40)52/h7-8,10-11,18-22,25,27-30,44,51H,9,12-17,39H2,1-6H3,(H2,40,52)(H,45,55)(H,46,56)(H,47,53)(H,48,58)(H,49,54)(H,50,57)(H4,41,42,43). The number of nitrogens with one attached hydrogen (secondary N) is 7. The number of benzene rings is 1. The van der Waals surface area contributed by atoms with Gasteiger partial charge in [-0.05, 0) is 82.4 Å². The number of nitrogens with zero attached hydrogens (tertiary/aromatic N) is 1. The van der Waals surface area contributed by atoms with E-state index in [1.54, 1.807) is 6.20 Å². The summed E-state index contributed by atoms with van der Waals surface area (Å²) in [5.74, 6) is -4.92. The zero-order valence-corrected chi connectivity index (χ0v) is 35.3. The molecule has 0 fully saturated rings. The lowest BCUT2D eigenvalue weighted by molar-refractivity contribution is -0.135. The maximum absolute atomic E-state index is 13.7. The van der Waals surface area contributed by atoms with E-state index >= 15 is 0 Å². The SMILES string of the molecule is CSCCC(NC(=O)C(CC(C)C)NC(=O)C(C)NC(=O)C(N)Cc1c[nH]c2ccccc12)C(=O)NC(C)C(=O)NC(CCCN=C(N)N)C(=O)NC(C(N)=O)C(C)O. The van der Waals surface area contributed by atoms with Gasteiger partial charge in [0.1, 0.15) is 36.3 Å². The molecule has 0 aliphatic heterocycles. The molecule has 1 heterocycles. The summed E-state index contributed by atoms with van der Waals surface area (Å²) in [7, 11) is 0. The number of hydrogen-bond acceptors (Lipinski definition) is 11. The monoisotopic (exact) mass is 846 g/mol. The number of para-hydroxylation sites is 1. The molecule has 328 valence electrons. The zero-order valence-electron chi connectivity index (χ0n) is 34.5. The molecule has 21 heteroatoms. The molecule has 8 atom stereocenters. The molecule has 20 nitrogen and oxygen atoms in total. The topological polar surface area (TPSA) is 344 Å². The second-order valence-corrected chi connectivity index (χ2v) is 15.8. The number of aliphatic hydroxyl groups excluding tert-OH is 1. The van der Waals surface area contributed by atoms with Gasteiger partial charge in [-0.15, -0.1) is 0 Å². The van der Waals surface area contributed by atoms with Crippen LogP contribution in [0.3, 0.4) is 0 Å². The van der Waals surface area contributed by atoms with Crippen molar-refractivity contribution in [2.45, 2.75) is 115 Å². The Labute approximate surface area is 348 Å². The highest BCUT2D eigenvalue weighted by molar-refractivity contribution is 7.98. The third-order valence-electron chi connectivity index (χ3n) is 9.20. The Hall–Kier alpha value is -5.41. The Kier molecular flexibility index (Phi) is 20.6. The van der Waals surface area contributed by atoms with E-state index in [0.29, 0.717) is 5.75 Å². The fourth-order valence-electron chi connectivity index (χ4n) is 5.92. The number of amides is 7. The number of hydrogen-bond donors (Lipinski definition) is 12. The summed E-state index contributed by atoms with van der Waals surface area (Å²) in [6.45, 7) is 7.93. The van der Waals surface area contributed by atoms with E-state index in [1.165, 1.54) is 32.5 Å². The van der Waals surface area contributed by atoms with Gasteiger partial charge < -0.3 is 64.9 Å². The normalized spacial score (nSPS) is 15.3. The van der Waals surface area contributed by atoms with Gasteiger partial charge in [0, 0.05) is 23.6 Å². The third-order valence-corrected chi connectivity index (χ3v) is 9.85. The molecule has 8 unspecified atom stereocenters. The van der Waals surface area contributed by atoms with Gasteiger partial charge in [0.2, 0.25) is 41.4 Å². The van der Waals surface area contributed by atoms with Crippen LogP contribution >= 0.6 is 11.8 Å². The number of nitrogens with two attached hydrogens (primary N) is 4. The first-order valence-corrected chi connectivity index (χ1v) is 20.8. The second-order valence-electron chi connectivity index (χ2n) is 14.8. The van der Waals surface area contributed by atoms with Crippen molar-refractivity contribution in [2.24, 2.45) is 33.8 Å². The molecule has 59 heavy (non-hydrogen) atoms. The Balaban J connectivity index is 2.11. The van der Waals surface area contributed by atoms with Crippen LogP contribution in [0.5, 0.6) is 0 Å². The van der Waals surface area contributed by atoms with Crippen molar-refractivity contribution >= 4 is 70.0 Å². The van der Waals surface area contributed by atoms with Gasteiger partial charge in [0.05, 0.1) is 12.1 Å². The number of fused-ring (bicyclic) bond motifs is 1. The minimum atomic E-state index is -1.44. The number of aromatic nitrogens is 1. The second kappa shape index (κ2) is 24.5. The average molecular weight is 847 g/mol. The van der Waals surface area contributed by atoms with E-state index < -0.39 is 89.7 Å². The summed E-state index contributed by atoms with van der Waals surface area (Å²) in [6.07, 6.45) is 3.10. The average Bonchev–Trinajstić information content (AvgIpc) is 3.57. The first-order valence-electron chi connectivity index (χ1n) is 19.4. The molecule has 1 aromatic heterocycles. The number of carbonyl (C=O) groups excluding carboxylic acids is 7. The molecule has 16 N–H and O–H groups in total. The molecular weight excluding hydrogens is 785 g/mol. The highest BCUT2D eigenvalue weighted by atomic mass is 32.2. The summed E-state index contributed by atoms with van der Waals surface area (Å²) >= 11 is 1.42. The van der Waals surface area contributed by atoms with Crippen LogP contribution in [0.2, 0.25) is 0 Å². The number of primary amides is 1. The number of H-pyrrole nitrogens is 1. The third kappa shape index (κ3) is 16.8. The summed E-state index contributed by atoms with van der Waals surface area (Å²) in [5.41, 5.74) is 24.0. The lowest BCUT2D eigenvalue weighted by Gasteiger charge is -2.27. The van der Waals surface area contributed by atoms with Crippen LogP contribution in [0.25, 0.3) is 10.9 Å². The Bertz CT molecular complexity index is 1780. The van der Waals surface area contributed by atoms with Gasteiger partial charge in [-0.3, -0.25) is 38.6 Å². The number of aliphatic imine (C=N–C) groups is 1. The molecule has 0 saturated carbocycles. The molecule has 1 aromatic carbocycles. The van der Waals surface area contributed by atoms with Crippen molar-refractivity contribution in [2.75, 3.05) is 18.6 Å². The van der Waals surface area contributed by atoms with E-state index in [-0.39, 0.29) is 50.5 Å². The summed E-state index contributed by atoms with van der Waals surface area (Å²) in [4.78, 5) is 98.8. The van der Waals surface area contributed by atoms with Gasteiger partial charge in [0.25, 0.3) is 0 Å². The van der Waals surface area contributed by atoms with Crippen molar-refractivity contribution in [3.63, 3.8) is 0 Å². The Morgan fingerprint density at radius 1 is 0.746 bits per heavy atom. The number of thioether (sulfide) groups is 1. The first-order chi connectivity index (χ1) is 27.7. The van der Waals surface area contributed by atoms with Gasteiger partial charge >= 0.3 is 0 Å². The fraction of sp³-hybridized carbons (Fsp3) is 0.579. The van der Waals surface area contributed by atoms with Crippen LogP contribution in [0.1, 0.15) is 65.9 Å². The lowest BCUT2D eigenvalue weighted by atomic mass is 10.0. The number of aliphatic hydroxyl groups is 1. The number of guanidine groups is 1. The predicted octanol–water partition coefficient (Wildman–Crippen LogP) is -2.29. The van der Waals surface area contributed by atoms with Gasteiger partial charge in [-0.2, -0.15) is 11.8 Å². The van der Waals surface area contributed by atoms with E-state index in [1.807, 2.05) is 44.4 Å². The van der Waals surface area contributed by atoms with Crippen LogP contribution in [0.15, 0.2) is 35.5 Å². The molecule has 2 rings (SSSR count). The van der Waals surface area contributed by atoms with Crippen LogP contribution in [0.4, 0.5) is 0 Å². The van der Waals surface area contributed by atoms with E-state index in [9.17, 15) is 38.7 Å². The number of aromatic amines is 1. The molecule has 0 aliphatic rings. The smallest absolute Gasteiger partial charge is 0.243 e. The number of carbonyl (C=O) groups is 7. The Morgan fingerprint density at radius 3 is 1.86 bits per heavy atom. The van der Waals surface area contributed by atoms with Gasteiger partial charge in [-0.25, -0.2) is 0 Å². The Morgan fingerprint density at radius 2 is 1.29 bits per heavy atom. The maximum Gasteiger partial charge on any atom is 0.243 e. The lowest BCUT2D eigenvalue weighted by Crippen LogP contribution is -2.60. The van der Waals surface area contributed by atoms with Gasteiger partial charge in [0.15, 0.2) is 5.96 Å². The first kappa shape index (κ1) is 49.7. The largest absolute Gasteiger partial charge is 0.391 e. The highest BCUT2D eigenvalue weighted by Crippen LogP contribution is 2.19. The molecule has 0 saturated heterocycles. The van der Waals surface area contributed by atoms with E-state index in [0.717, 1.165) is 16.5 Å². The molecule has 0 bridgehead atoms. The van der Waals surface area contributed by atoms with Crippen molar-refractivity contribution in [3.8, 4) is 0 Å². The summed E-state index contributed by atoms with van der Waals surface area (Å²) in [6, 6.07) is -0.533. The summed E-state index contributed by atoms with van der Waals surface area (Å²) < 4.78 is 0. The maximum atomic E-state index is 13.7. The quantitative estimate of drug-likeness (QED) is 0.0285. The molecular formula is C38H62N12O8S. The van der Waals surface area contributed by atoms with Crippen LogP contribution in [-0.2, 0) is 40.0 Å². The molecule has 0 aliphatic carbocycles. The van der Waals surface area contributed by atoms with Crippen molar-refractivity contribution in [1.82, 2.24) is 36.9 Å². The van der Waals surface area contributed by atoms with Crippen LogP contribution < -0.4 is 54.8 Å². The highest BCUT2D eigenvalue weighted by Gasteiger charge is 2.32. The van der Waals surface area contributed by atoms with Crippen molar-refractivity contribution in [1.29, 1.82) is 0 Å². The molecule has 0 radical (unpaired) electrons. The van der Waals surface area contributed by atoms with Crippen LogP contribution in [0, 0.1) is 5.92 Å². The summed E-state index contributed by atoms with van der Waals surface area (Å²) in [5, 5.41) is 26.3. The predicted molar refractivity (Wildman–Crippen MR) is 226 cm³/mol. The molecule has 0 spiro atoms. The van der Waals surface area contributed by atoms with Gasteiger partial charge in [-0.1, -0.05) is 32.0 Å². The number of rotatable bonds is 25.